The normalized spacial score (nSPS) is 10.9. The molecule has 1 N–H and O–H groups in total. The Labute approximate surface area is 94.5 Å². The molecule has 0 spiro atoms. The Hall–Kier alpha value is -1.62. The van der Waals surface area contributed by atoms with Gasteiger partial charge in [0.1, 0.15) is 5.69 Å². The van der Waals surface area contributed by atoms with E-state index < -0.39 is 0 Å². The fourth-order valence-electron chi connectivity index (χ4n) is 1.65. The predicted molar refractivity (Wildman–Crippen MR) is 60.9 cm³/mol. The lowest BCUT2D eigenvalue weighted by molar-refractivity contribution is 0.485. The molecule has 5 nitrogen and oxygen atoms in total. The van der Waals surface area contributed by atoms with E-state index in [-0.39, 0.29) is 0 Å². The predicted octanol–water partition coefficient (Wildman–Crippen LogP) is 1.59. The molecule has 5 heteroatoms. The fourth-order valence-corrected chi connectivity index (χ4v) is 1.65. The van der Waals surface area contributed by atoms with E-state index in [1.54, 1.807) is 6.20 Å². The van der Waals surface area contributed by atoms with Gasteiger partial charge in [-0.25, -0.2) is 4.98 Å². The van der Waals surface area contributed by atoms with Crippen LogP contribution < -0.4 is 5.32 Å². The molecule has 0 saturated carbocycles. The van der Waals surface area contributed by atoms with Gasteiger partial charge in [0.2, 0.25) is 5.89 Å². The molecule has 2 rings (SSSR count). The summed E-state index contributed by atoms with van der Waals surface area (Å²) in [4.78, 5) is 4.20. The number of nitrogens with one attached hydrogen (secondary N) is 1. The van der Waals surface area contributed by atoms with Crippen LogP contribution in [0.25, 0.3) is 11.5 Å². The van der Waals surface area contributed by atoms with Gasteiger partial charge in [0, 0.05) is 6.54 Å². The molecule has 0 aliphatic rings. The van der Waals surface area contributed by atoms with Crippen LogP contribution >= 0.6 is 0 Å². The fraction of sp³-hybridized carbons (Fsp3) is 0.455. The Bertz CT molecular complexity index is 472. The Kier molecular flexibility index (Phi) is 3.05. The summed E-state index contributed by atoms with van der Waals surface area (Å²) in [7, 11) is 1.87. The number of aromatic nitrogens is 3. The summed E-state index contributed by atoms with van der Waals surface area (Å²) >= 11 is 0. The van der Waals surface area contributed by atoms with Crippen molar-refractivity contribution in [3.63, 3.8) is 0 Å². The van der Waals surface area contributed by atoms with Gasteiger partial charge in [0.25, 0.3) is 0 Å². The van der Waals surface area contributed by atoms with Crippen LogP contribution in [0, 0.1) is 6.92 Å². The first kappa shape index (κ1) is 10.9. The Morgan fingerprint density at radius 1 is 1.50 bits per heavy atom. The monoisotopic (exact) mass is 220 g/mol. The molecule has 2 heterocycles. The SMILES string of the molecule is CCn1nc(C)cc1-c1cnc(CNC)o1. The van der Waals surface area contributed by atoms with E-state index in [9.17, 15) is 0 Å². The molecule has 16 heavy (non-hydrogen) atoms. The number of rotatable bonds is 4. The Balaban J connectivity index is 2.34. The second-order valence-electron chi connectivity index (χ2n) is 3.64. The van der Waals surface area contributed by atoms with Crippen molar-refractivity contribution in [2.24, 2.45) is 0 Å². The lowest BCUT2D eigenvalue weighted by Gasteiger charge is -1.99. The van der Waals surface area contributed by atoms with Gasteiger partial charge in [-0.1, -0.05) is 0 Å². The lowest BCUT2D eigenvalue weighted by Crippen LogP contribution is -2.04. The summed E-state index contributed by atoms with van der Waals surface area (Å²) in [5.41, 5.74) is 1.97. The van der Waals surface area contributed by atoms with Gasteiger partial charge in [-0.3, -0.25) is 4.68 Å². The van der Waals surface area contributed by atoms with Crippen LogP contribution in [0.3, 0.4) is 0 Å². The van der Waals surface area contributed by atoms with Crippen LogP contribution in [0.2, 0.25) is 0 Å². The highest BCUT2D eigenvalue weighted by Gasteiger charge is 2.11. The first-order valence-electron chi connectivity index (χ1n) is 5.38. The molecular formula is C11H16N4O. The van der Waals surface area contributed by atoms with Crippen molar-refractivity contribution in [1.29, 1.82) is 0 Å². The summed E-state index contributed by atoms with van der Waals surface area (Å²) in [6.07, 6.45) is 1.75. The van der Waals surface area contributed by atoms with E-state index in [0.717, 1.165) is 23.7 Å². The molecule has 0 atom stereocenters. The van der Waals surface area contributed by atoms with E-state index in [1.165, 1.54) is 0 Å². The third-order valence-electron chi connectivity index (χ3n) is 2.34. The number of oxazole rings is 1. The van der Waals surface area contributed by atoms with E-state index in [2.05, 4.69) is 22.3 Å². The second kappa shape index (κ2) is 4.49. The van der Waals surface area contributed by atoms with Gasteiger partial charge in [-0.2, -0.15) is 5.10 Å². The highest BCUT2D eigenvalue weighted by molar-refractivity contribution is 5.51. The number of hydrogen-bond acceptors (Lipinski definition) is 4. The van der Waals surface area contributed by atoms with Crippen molar-refractivity contribution >= 4 is 0 Å². The van der Waals surface area contributed by atoms with Crippen LogP contribution in [-0.4, -0.2) is 21.8 Å². The molecule has 0 bridgehead atoms. The van der Waals surface area contributed by atoms with Gasteiger partial charge in [-0.05, 0) is 27.0 Å². The van der Waals surface area contributed by atoms with Crippen molar-refractivity contribution in [1.82, 2.24) is 20.1 Å². The smallest absolute Gasteiger partial charge is 0.208 e. The standard InChI is InChI=1S/C11H16N4O/c1-4-15-9(5-8(2)14-15)10-6-13-11(16-10)7-12-3/h5-6,12H,4,7H2,1-3H3. The zero-order valence-corrected chi connectivity index (χ0v) is 9.82. The quantitative estimate of drug-likeness (QED) is 0.850. The van der Waals surface area contributed by atoms with Crippen LogP contribution in [-0.2, 0) is 13.1 Å². The molecule has 0 amide bonds. The molecule has 0 unspecified atom stereocenters. The van der Waals surface area contributed by atoms with E-state index >= 15 is 0 Å². The third-order valence-corrected chi connectivity index (χ3v) is 2.34. The summed E-state index contributed by atoms with van der Waals surface area (Å²) in [5, 5.41) is 7.38. The average molecular weight is 220 g/mol. The lowest BCUT2D eigenvalue weighted by atomic mass is 10.3. The maximum atomic E-state index is 5.63. The van der Waals surface area contributed by atoms with Gasteiger partial charge < -0.3 is 9.73 Å². The van der Waals surface area contributed by atoms with Gasteiger partial charge in [0.05, 0.1) is 18.4 Å². The van der Waals surface area contributed by atoms with Gasteiger partial charge >= 0.3 is 0 Å². The van der Waals surface area contributed by atoms with Crippen LogP contribution in [0.4, 0.5) is 0 Å². The summed E-state index contributed by atoms with van der Waals surface area (Å²) in [5.74, 6) is 1.46. The first-order chi connectivity index (χ1) is 7.74. The molecule has 0 radical (unpaired) electrons. The maximum Gasteiger partial charge on any atom is 0.208 e. The highest BCUT2D eigenvalue weighted by atomic mass is 16.4. The second-order valence-corrected chi connectivity index (χ2v) is 3.64. The summed E-state index contributed by atoms with van der Waals surface area (Å²) in [6.45, 7) is 5.49. The largest absolute Gasteiger partial charge is 0.438 e. The van der Waals surface area contributed by atoms with Crippen molar-refractivity contribution in [2.45, 2.75) is 26.9 Å². The molecule has 86 valence electrons. The van der Waals surface area contributed by atoms with E-state index in [4.69, 9.17) is 4.42 Å². The molecule has 2 aromatic rings. The van der Waals surface area contributed by atoms with Crippen LogP contribution in [0.1, 0.15) is 18.5 Å². The molecular weight excluding hydrogens is 204 g/mol. The highest BCUT2D eigenvalue weighted by Crippen LogP contribution is 2.21. The minimum Gasteiger partial charge on any atom is -0.438 e. The molecule has 0 aromatic carbocycles. The zero-order chi connectivity index (χ0) is 11.5. The maximum absolute atomic E-state index is 5.63. The van der Waals surface area contributed by atoms with E-state index in [1.807, 2.05) is 24.7 Å². The van der Waals surface area contributed by atoms with Crippen LogP contribution in [0.5, 0.6) is 0 Å². The summed E-state index contributed by atoms with van der Waals surface area (Å²) < 4.78 is 7.55. The molecule has 0 aliphatic carbocycles. The average Bonchev–Trinajstić information content (AvgIpc) is 2.85. The Morgan fingerprint density at radius 2 is 2.31 bits per heavy atom. The molecule has 2 aromatic heterocycles. The number of nitrogens with zero attached hydrogens (tertiary/aromatic N) is 3. The zero-order valence-electron chi connectivity index (χ0n) is 9.82. The first-order valence-corrected chi connectivity index (χ1v) is 5.38. The Morgan fingerprint density at radius 3 is 3.00 bits per heavy atom. The minimum atomic E-state index is 0.638. The van der Waals surface area contributed by atoms with Crippen LogP contribution in [0.15, 0.2) is 16.7 Å². The van der Waals surface area contributed by atoms with Gasteiger partial charge in [0.15, 0.2) is 5.76 Å². The van der Waals surface area contributed by atoms with E-state index in [0.29, 0.717) is 12.4 Å². The summed E-state index contributed by atoms with van der Waals surface area (Å²) in [6, 6.07) is 2.01. The van der Waals surface area contributed by atoms with Crippen molar-refractivity contribution in [2.75, 3.05) is 7.05 Å². The molecule has 0 aliphatic heterocycles. The number of hydrogen-bond donors (Lipinski definition) is 1. The molecule has 0 fully saturated rings. The van der Waals surface area contributed by atoms with Crippen molar-refractivity contribution < 1.29 is 4.42 Å². The minimum absolute atomic E-state index is 0.638. The van der Waals surface area contributed by atoms with Gasteiger partial charge in [-0.15, -0.1) is 0 Å². The van der Waals surface area contributed by atoms with Crippen molar-refractivity contribution in [3.8, 4) is 11.5 Å². The third kappa shape index (κ3) is 1.99. The number of aryl methyl sites for hydroxylation is 2. The topological polar surface area (TPSA) is 55.9 Å². The van der Waals surface area contributed by atoms with Crippen molar-refractivity contribution in [3.05, 3.63) is 23.8 Å². The molecule has 0 saturated heterocycles.